The van der Waals surface area contributed by atoms with Crippen molar-refractivity contribution in [3.63, 3.8) is 0 Å². The number of anilines is 1. The van der Waals surface area contributed by atoms with Crippen LogP contribution in [0.5, 0.6) is 5.75 Å². The van der Waals surface area contributed by atoms with Crippen LogP contribution in [0.3, 0.4) is 0 Å². The van der Waals surface area contributed by atoms with Gasteiger partial charge < -0.3 is 15.2 Å². The van der Waals surface area contributed by atoms with Crippen molar-refractivity contribution < 1.29 is 14.2 Å². The fourth-order valence-corrected chi connectivity index (χ4v) is 2.03. The maximum Gasteiger partial charge on any atom is 0.123 e. The summed E-state index contributed by atoms with van der Waals surface area (Å²) in [6, 6.07) is 13.6. The van der Waals surface area contributed by atoms with Crippen LogP contribution < -0.4 is 10.1 Å². The van der Waals surface area contributed by atoms with E-state index in [-0.39, 0.29) is 12.4 Å². The van der Waals surface area contributed by atoms with Crippen LogP contribution in [0, 0.1) is 5.82 Å². The predicted octanol–water partition coefficient (Wildman–Crippen LogP) is 3.15. The zero-order chi connectivity index (χ0) is 14.6. The molecule has 0 aliphatic carbocycles. The molecular weight excluding hydrogens is 257 g/mol. The minimum absolute atomic E-state index is 0.150. The highest BCUT2D eigenvalue weighted by Gasteiger charge is 2.26. The first-order valence-corrected chi connectivity index (χ1v) is 6.36. The third-order valence-corrected chi connectivity index (χ3v) is 3.29. The fourth-order valence-electron chi connectivity index (χ4n) is 2.03. The number of aliphatic hydroxyl groups is 1. The number of benzene rings is 2. The maximum absolute atomic E-state index is 13.3. The van der Waals surface area contributed by atoms with Gasteiger partial charge in [0.2, 0.25) is 0 Å². The Balaban J connectivity index is 2.26. The van der Waals surface area contributed by atoms with E-state index in [1.54, 1.807) is 19.2 Å². The van der Waals surface area contributed by atoms with Crippen molar-refractivity contribution in [2.75, 3.05) is 19.0 Å². The van der Waals surface area contributed by atoms with Crippen molar-refractivity contribution in [1.82, 2.24) is 0 Å². The molecule has 0 spiro atoms. The second kappa shape index (κ2) is 5.92. The summed E-state index contributed by atoms with van der Waals surface area (Å²) in [5.41, 5.74) is 0.763. The number of rotatable bonds is 5. The molecule has 1 unspecified atom stereocenters. The SMILES string of the molecule is COc1ccc(NC(C)(CO)c2cccc(F)c2)cc1. The van der Waals surface area contributed by atoms with Crippen molar-refractivity contribution >= 4 is 5.69 Å². The Labute approximate surface area is 118 Å². The lowest BCUT2D eigenvalue weighted by Gasteiger charge is -2.30. The summed E-state index contributed by atoms with van der Waals surface area (Å²) in [6.45, 7) is 1.68. The second-order valence-electron chi connectivity index (χ2n) is 4.85. The van der Waals surface area contributed by atoms with Gasteiger partial charge in [0.15, 0.2) is 0 Å². The molecule has 0 saturated carbocycles. The van der Waals surface area contributed by atoms with Gasteiger partial charge in [-0.1, -0.05) is 12.1 Å². The zero-order valence-electron chi connectivity index (χ0n) is 11.6. The van der Waals surface area contributed by atoms with Gasteiger partial charge in [-0.3, -0.25) is 0 Å². The average Bonchev–Trinajstić information content (AvgIpc) is 2.48. The molecule has 3 nitrogen and oxygen atoms in total. The number of aliphatic hydroxyl groups excluding tert-OH is 1. The monoisotopic (exact) mass is 275 g/mol. The van der Waals surface area contributed by atoms with Crippen molar-refractivity contribution in [3.8, 4) is 5.75 Å². The Bertz CT molecular complexity index is 571. The van der Waals surface area contributed by atoms with E-state index in [4.69, 9.17) is 4.74 Å². The molecule has 0 saturated heterocycles. The van der Waals surface area contributed by atoms with Gasteiger partial charge >= 0.3 is 0 Å². The molecule has 2 aromatic rings. The number of ether oxygens (including phenoxy) is 1. The summed E-state index contributed by atoms with van der Waals surface area (Å²) in [5.74, 6) is 0.436. The molecule has 0 fully saturated rings. The van der Waals surface area contributed by atoms with Crippen LogP contribution in [0.2, 0.25) is 0 Å². The zero-order valence-corrected chi connectivity index (χ0v) is 11.6. The normalized spacial score (nSPS) is 13.6. The van der Waals surface area contributed by atoms with Crippen LogP contribution in [-0.2, 0) is 5.54 Å². The molecule has 2 aromatic carbocycles. The van der Waals surface area contributed by atoms with E-state index in [1.807, 2.05) is 31.2 Å². The van der Waals surface area contributed by atoms with Crippen molar-refractivity contribution in [2.24, 2.45) is 0 Å². The molecule has 0 aliphatic rings. The lowest BCUT2D eigenvalue weighted by Crippen LogP contribution is -2.35. The summed E-state index contributed by atoms with van der Waals surface area (Å²) in [5, 5.41) is 12.9. The van der Waals surface area contributed by atoms with Crippen LogP contribution in [-0.4, -0.2) is 18.8 Å². The van der Waals surface area contributed by atoms with E-state index in [0.29, 0.717) is 5.56 Å². The van der Waals surface area contributed by atoms with Crippen LogP contribution in [0.15, 0.2) is 48.5 Å². The molecule has 2 N–H and O–H groups in total. The molecule has 2 rings (SSSR count). The number of hydrogen-bond acceptors (Lipinski definition) is 3. The van der Waals surface area contributed by atoms with Crippen LogP contribution in [0.1, 0.15) is 12.5 Å². The largest absolute Gasteiger partial charge is 0.497 e. The predicted molar refractivity (Wildman–Crippen MR) is 77.5 cm³/mol. The lowest BCUT2D eigenvalue weighted by molar-refractivity contribution is 0.223. The van der Waals surface area contributed by atoms with Crippen molar-refractivity contribution in [2.45, 2.75) is 12.5 Å². The smallest absolute Gasteiger partial charge is 0.123 e. The molecular formula is C16H18FNO2. The highest BCUT2D eigenvalue weighted by molar-refractivity contribution is 5.50. The van der Waals surface area contributed by atoms with E-state index >= 15 is 0 Å². The molecule has 0 heterocycles. The van der Waals surface area contributed by atoms with Crippen molar-refractivity contribution in [3.05, 3.63) is 59.9 Å². The van der Waals surface area contributed by atoms with Gasteiger partial charge in [-0.2, -0.15) is 0 Å². The van der Waals surface area contributed by atoms with Crippen LogP contribution in [0.25, 0.3) is 0 Å². The highest BCUT2D eigenvalue weighted by atomic mass is 19.1. The van der Waals surface area contributed by atoms with Gasteiger partial charge in [0.1, 0.15) is 11.6 Å². The number of methoxy groups -OCH3 is 1. The second-order valence-corrected chi connectivity index (χ2v) is 4.85. The summed E-state index contributed by atoms with van der Waals surface area (Å²) >= 11 is 0. The third kappa shape index (κ3) is 3.08. The Kier molecular flexibility index (Phi) is 4.25. The molecule has 0 radical (unpaired) electrons. The first-order valence-electron chi connectivity index (χ1n) is 6.36. The van der Waals surface area contributed by atoms with Gasteiger partial charge in [-0.25, -0.2) is 4.39 Å². The molecule has 106 valence electrons. The van der Waals surface area contributed by atoms with Gasteiger partial charge in [-0.05, 0) is 48.9 Å². The summed E-state index contributed by atoms with van der Waals surface area (Å²) in [4.78, 5) is 0. The lowest BCUT2D eigenvalue weighted by atomic mass is 9.92. The van der Waals surface area contributed by atoms with Crippen LogP contribution in [0.4, 0.5) is 10.1 Å². The number of halogens is 1. The molecule has 0 amide bonds. The number of hydrogen-bond donors (Lipinski definition) is 2. The molecule has 1 atom stereocenters. The molecule has 20 heavy (non-hydrogen) atoms. The standard InChI is InChI=1S/C16H18FNO2/c1-16(11-19,12-4-3-5-13(17)10-12)18-14-6-8-15(20-2)9-7-14/h3-10,18-19H,11H2,1-2H3. The first-order chi connectivity index (χ1) is 9.57. The Morgan fingerprint density at radius 1 is 1.20 bits per heavy atom. The minimum Gasteiger partial charge on any atom is -0.497 e. The Hall–Kier alpha value is -2.07. The van der Waals surface area contributed by atoms with E-state index in [0.717, 1.165) is 11.4 Å². The van der Waals surface area contributed by atoms with Crippen LogP contribution >= 0.6 is 0 Å². The topological polar surface area (TPSA) is 41.5 Å². The maximum atomic E-state index is 13.3. The number of nitrogens with one attached hydrogen (secondary N) is 1. The van der Waals surface area contributed by atoms with Crippen molar-refractivity contribution in [1.29, 1.82) is 0 Å². The van der Waals surface area contributed by atoms with Gasteiger partial charge in [-0.15, -0.1) is 0 Å². The molecule has 4 heteroatoms. The summed E-state index contributed by atoms with van der Waals surface area (Å²) < 4.78 is 18.4. The molecule has 0 bridgehead atoms. The van der Waals surface area contributed by atoms with E-state index < -0.39 is 5.54 Å². The Morgan fingerprint density at radius 2 is 1.90 bits per heavy atom. The third-order valence-electron chi connectivity index (χ3n) is 3.29. The van der Waals surface area contributed by atoms with E-state index in [9.17, 15) is 9.50 Å². The highest BCUT2D eigenvalue weighted by Crippen LogP contribution is 2.27. The quantitative estimate of drug-likeness (QED) is 0.880. The van der Waals surface area contributed by atoms with E-state index in [2.05, 4.69) is 5.32 Å². The first kappa shape index (κ1) is 14.3. The van der Waals surface area contributed by atoms with E-state index in [1.165, 1.54) is 12.1 Å². The van der Waals surface area contributed by atoms with Gasteiger partial charge in [0, 0.05) is 5.69 Å². The Morgan fingerprint density at radius 3 is 2.45 bits per heavy atom. The van der Waals surface area contributed by atoms with Gasteiger partial charge in [0.25, 0.3) is 0 Å². The minimum atomic E-state index is -0.753. The fraction of sp³-hybridized carbons (Fsp3) is 0.250. The molecule has 0 aliphatic heterocycles. The average molecular weight is 275 g/mol. The van der Waals surface area contributed by atoms with Gasteiger partial charge in [0.05, 0.1) is 19.3 Å². The molecule has 0 aromatic heterocycles. The summed E-state index contributed by atoms with van der Waals surface area (Å²) in [6.07, 6.45) is 0. The summed E-state index contributed by atoms with van der Waals surface area (Å²) in [7, 11) is 1.60.